The lowest BCUT2D eigenvalue weighted by molar-refractivity contribution is -0.117. The fourth-order valence-electron chi connectivity index (χ4n) is 3.10. The van der Waals surface area contributed by atoms with E-state index in [1.807, 2.05) is 36.4 Å². The second-order valence-electron chi connectivity index (χ2n) is 6.52. The molecule has 0 bridgehead atoms. The van der Waals surface area contributed by atoms with Crippen LogP contribution < -0.4 is 11.1 Å². The van der Waals surface area contributed by atoms with Gasteiger partial charge in [-0.3, -0.25) is 4.79 Å². The fraction of sp³-hybridized carbons (Fsp3) is 0.200. The third kappa shape index (κ3) is 2.99. The van der Waals surface area contributed by atoms with Crippen LogP contribution in [-0.2, 0) is 11.4 Å². The highest BCUT2D eigenvalue weighted by molar-refractivity contribution is 6.00. The quantitative estimate of drug-likeness (QED) is 0.630. The Morgan fingerprint density at radius 3 is 2.81 bits per heavy atom. The molecule has 1 fully saturated rings. The molecule has 0 aliphatic heterocycles. The van der Waals surface area contributed by atoms with Gasteiger partial charge >= 0.3 is 0 Å². The normalized spacial score (nSPS) is 18.7. The highest BCUT2D eigenvalue weighted by atomic mass is 19.1. The largest absolute Gasteiger partial charge is 0.398 e. The number of rotatable bonds is 4. The van der Waals surface area contributed by atoms with E-state index in [0.717, 1.165) is 27.5 Å². The molecule has 2 atom stereocenters. The molecule has 1 aliphatic rings. The van der Waals surface area contributed by atoms with Crippen LogP contribution in [0.3, 0.4) is 0 Å². The maximum atomic E-state index is 13.0. The third-order valence-electron chi connectivity index (χ3n) is 4.67. The predicted octanol–water partition coefficient (Wildman–Crippen LogP) is 3.27. The number of anilines is 2. The Hall–Kier alpha value is -2.99. The van der Waals surface area contributed by atoms with E-state index in [9.17, 15) is 14.3 Å². The maximum Gasteiger partial charge on any atom is 0.231 e. The monoisotopic (exact) mass is 351 g/mol. The Kier molecular flexibility index (Phi) is 4.05. The first-order valence-corrected chi connectivity index (χ1v) is 8.40. The van der Waals surface area contributed by atoms with E-state index in [-0.39, 0.29) is 18.9 Å². The van der Waals surface area contributed by atoms with Crippen molar-refractivity contribution >= 4 is 28.2 Å². The van der Waals surface area contributed by atoms with Crippen LogP contribution in [-0.4, -0.2) is 22.2 Å². The number of nitrogen functional groups attached to an aromatic ring is 1. The molecule has 6 heteroatoms. The molecule has 2 aromatic carbocycles. The van der Waals surface area contributed by atoms with Gasteiger partial charge in [-0.15, -0.1) is 0 Å². The molecule has 5 nitrogen and oxygen atoms in total. The SMILES string of the molecule is Nc1cc(-c2ccccc2CO)cc2cc(NC(=O)[C@@H]3C[C@@H]3F)ncc12. The number of hydrogen-bond donors (Lipinski definition) is 3. The molecule has 1 saturated carbocycles. The number of aliphatic hydroxyl groups excluding tert-OH is 1. The number of fused-ring (bicyclic) bond motifs is 1. The Morgan fingerprint density at radius 2 is 2.08 bits per heavy atom. The minimum absolute atomic E-state index is 0.0719. The van der Waals surface area contributed by atoms with E-state index in [4.69, 9.17) is 5.73 Å². The van der Waals surface area contributed by atoms with Crippen LogP contribution in [0.1, 0.15) is 12.0 Å². The van der Waals surface area contributed by atoms with E-state index in [1.54, 1.807) is 12.3 Å². The summed E-state index contributed by atoms with van der Waals surface area (Å²) in [6.07, 6.45) is 0.823. The number of hydrogen-bond acceptors (Lipinski definition) is 4. The van der Waals surface area contributed by atoms with Gasteiger partial charge in [0, 0.05) is 17.3 Å². The molecule has 1 aromatic heterocycles. The number of carbonyl (C=O) groups is 1. The standard InChI is InChI=1S/C20H18FN3O2/c21-17-8-15(17)20(26)24-19-7-13-5-12(6-18(22)16(13)9-23-19)14-4-2-1-3-11(14)10-25/h1-7,9,15,17,25H,8,10,22H2,(H,23,24,26)/t15-,17+/m1/s1. The average molecular weight is 351 g/mol. The van der Waals surface area contributed by atoms with E-state index >= 15 is 0 Å². The number of carbonyl (C=O) groups excluding carboxylic acids is 1. The number of halogens is 1. The van der Waals surface area contributed by atoms with Crippen LogP contribution in [0.4, 0.5) is 15.9 Å². The molecule has 0 radical (unpaired) electrons. The van der Waals surface area contributed by atoms with Crippen LogP contribution >= 0.6 is 0 Å². The third-order valence-corrected chi connectivity index (χ3v) is 4.67. The molecule has 0 spiro atoms. The summed E-state index contributed by atoms with van der Waals surface area (Å²) in [7, 11) is 0. The van der Waals surface area contributed by atoms with Crippen molar-refractivity contribution in [1.29, 1.82) is 0 Å². The van der Waals surface area contributed by atoms with Gasteiger partial charge in [-0.05, 0) is 46.7 Å². The molecule has 26 heavy (non-hydrogen) atoms. The van der Waals surface area contributed by atoms with E-state index < -0.39 is 12.1 Å². The van der Waals surface area contributed by atoms with Crippen molar-refractivity contribution < 1.29 is 14.3 Å². The van der Waals surface area contributed by atoms with Gasteiger partial charge < -0.3 is 16.2 Å². The molecular weight excluding hydrogens is 333 g/mol. The fourth-order valence-corrected chi connectivity index (χ4v) is 3.10. The Morgan fingerprint density at radius 1 is 1.31 bits per heavy atom. The number of amides is 1. The zero-order valence-corrected chi connectivity index (χ0v) is 13.9. The van der Waals surface area contributed by atoms with Crippen LogP contribution in [0.15, 0.2) is 48.7 Å². The Bertz CT molecular complexity index is 1010. The summed E-state index contributed by atoms with van der Waals surface area (Å²) >= 11 is 0. The topological polar surface area (TPSA) is 88.2 Å². The highest BCUT2D eigenvalue weighted by Gasteiger charge is 2.43. The van der Waals surface area contributed by atoms with Gasteiger partial charge in [-0.25, -0.2) is 9.37 Å². The number of aliphatic hydroxyl groups is 1. The zero-order valence-electron chi connectivity index (χ0n) is 13.9. The highest BCUT2D eigenvalue weighted by Crippen LogP contribution is 2.35. The smallest absolute Gasteiger partial charge is 0.231 e. The summed E-state index contributed by atoms with van der Waals surface area (Å²) in [6, 6.07) is 13.1. The van der Waals surface area contributed by atoms with Crippen molar-refractivity contribution in [1.82, 2.24) is 4.98 Å². The summed E-state index contributed by atoms with van der Waals surface area (Å²) in [6.45, 7) is -0.0719. The van der Waals surface area contributed by atoms with Crippen molar-refractivity contribution in [2.45, 2.75) is 19.2 Å². The first-order chi connectivity index (χ1) is 12.6. The lowest BCUT2D eigenvalue weighted by atomic mass is 9.97. The second kappa shape index (κ2) is 6.38. The molecule has 0 unspecified atom stereocenters. The number of nitrogens with two attached hydrogens (primary N) is 1. The molecule has 1 aliphatic carbocycles. The summed E-state index contributed by atoms with van der Waals surface area (Å²) in [5.41, 5.74) is 9.30. The number of benzene rings is 2. The first kappa shape index (κ1) is 16.5. The summed E-state index contributed by atoms with van der Waals surface area (Å²) < 4.78 is 13.0. The second-order valence-corrected chi connectivity index (χ2v) is 6.52. The maximum absolute atomic E-state index is 13.0. The number of alkyl halides is 1. The van der Waals surface area contributed by atoms with E-state index in [1.165, 1.54) is 0 Å². The zero-order chi connectivity index (χ0) is 18.3. The summed E-state index contributed by atoms with van der Waals surface area (Å²) in [4.78, 5) is 16.1. The van der Waals surface area contributed by atoms with E-state index in [0.29, 0.717) is 11.5 Å². The molecule has 3 aromatic rings. The van der Waals surface area contributed by atoms with Crippen molar-refractivity contribution in [3.05, 3.63) is 54.2 Å². The van der Waals surface area contributed by atoms with Crippen LogP contribution in [0.25, 0.3) is 21.9 Å². The first-order valence-electron chi connectivity index (χ1n) is 8.40. The lowest BCUT2D eigenvalue weighted by Crippen LogP contribution is -2.15. The van der Waals surface area contributed by atoms with Crippen LogP contribution in [0, 0.1) is 5.92 Å². The van der Waals surface area contributed by atoms with Crippen LogP contribution in [0.5, 0.6) is 0 Å². The molecule has 4 rings (SSSR count). The lowest BCUT2D eigenvalue weighted by Gasteiger charge is -2.12. The summed E-state index contributed by atoms with van der Waals surface area (Å²) in [5, 5.41) is 13.8. The molecular formula is C20H18FN3O2. The van der Waals surface area contributed by atoms with E-state index in [2.05, 4.69) is 10.3 Å². The molecule has 4 N–H and O–H groups in total. The predicted molar refractivity (Wildman–Crippen MR) is 99.1 cm³/mol. The number of nitrogens with zero attached hydrogens (tertiary/aromatic N) is 1. The minimum atomic E-state index is -1.05. The molecule has 132 valence electrons. The number of aromatic nitrogens is 1. The van der Waals surface area contributed by atoms with Gasteiger partial charge in [0.15, 0.2) is 0 Å². The van der Waals surface area contributed by atoms with Crippen molar-refractivity contribution in [2.75, 3.05) is 11.1 Å². The van der Waals surface area contributed by atoms with Gasteiger partial charge in [0.1, 0.15) is 12.0 Å². The average Bonchev–Trinajstić information content (AvgIpc) is 3.38. The van der Waals surface area contributed by atoms with Gasteiger partial charge in [-0.2, -0.15) is 0 Å². The number of pyridine rings is 1. The molecule has 0 saturated heterocycles. The van der Waals surface area contributed by atoms with Gasteiger partial charge in [0.05, 0.1) is 12.5 Å². The Balaban J connectivity index is 1.73. The Labute approximate surface area is 149 Å². The molecule has 1 amide bonds. The van der Waals surface area contributed by atoms with Crippen LogP contribution in [0.2, 0.25) is 0 Å². The van der Waals surface area contributed by atoms with Crippen molar-refractivity contribution in [3.8, 4) is 11.1 Å². The van der Waals surface area contributed by atoms with Gasteiger partial charge in [0.2, 0.25) is 5.91 Å². The molecule has 1 heterocycles. The van der Waals surface area contributed by atoms with Gasteiger partial charge in [-0.1, -0.05) is 24.3 Å². The minimum Gasteiger partial charge on any atom is -0.398 e. The van der Waals surface area contributed by atoms with Crippen molar-refractivity contribution in [2.24, 2.45) is 5.92 Å². The number of nitrogens with one attached hydrogen (secondary N) is 1. The van der Waals surface area contributed by atoms with Gasteiger partial charge in [0.25, 0.3) is 0 Å². The summed E-state index contributed by atoms with van der Waals surface area (Å²) in [5.74, 6) is -0.548. The van der Waals surface area contributed by atoms with Crippen molar-refractivity contribution in [3.63, 3.8) is 0 Å².